The van der Waals surface area contributed by atoms with Crippen LogP contribution < -0.4 is 10.2 Å². The van der Waals surface area contributed by atoms with Crippen LogP contribution in [0.2, 0.25) is 0 Å². The molecular formula is C15H20N2O2. The molecule has 0 atom stereocenters. The van der Waals surface area contributed by atoms with Crippen molar-refractivity contribution in [3.8, 4) is 0 Å². The Kier molecular flexibility index (Phi) is 6.36. The van der Waals surface area contributed by atoms with Crippen molar-refractivity contribution in [1.29, 1.82) is 0 Å². The molecule has 0 radical (unpaired) electrons. The van der Waals surface area contributed by atoms with E-state index in [1.54, 1.807) is 0 Å². The van der Waals surface area contributed by atoms with Gasteiger partial charge in [-0.05, 0) is 25.0 Å². The second-order valence-corrected chi connectivity index (χ2v) is 4.28. The lowest BCUT2D eigenvalue weighted by molar-refractivity contribution is -0.109. The van der Waals surface area contributed by atoms with Crippen LogP contribution >= 0.6 is 0 Å². The van der Waals surface area contributed by atoms with Crippen molar-refractivity contribution in [2.45, 2.75) is 13.3 Å². The summed E-state index contributed by atoms with van der Waals surface area (Å²) in [6.07, 6.45) is 6.41. The fourth-order valence-electron chi connectivity index (χ4n) is 1.88. The average molecular weight is 260 g/mol. The molecule has 0 aromatic heterocycles. The Bertz CT molecular complexity index is 455. The Morgan fingerprint density at radius 2 is 2.11 bits per heavy atom. The number of amides is 1. The summed E-state index contributed by atoms with van der Waals surface area (Å²) >= 11 is 0. The van der Waals surface area contributed by atoms with E-state index < -0.39 is 0 Å². The molecule has 0 aliphatic carbocycles. The maximum absolute atomic E-state index is 10.9. The van der Waals surface area contributed by atoms with Crippen LogP contribution in [-0.4, -0.2) is 32.8 Å². The van der Waals surface area contributed by atoms with Crippen LogP contribution in [0.4, 0.5) is 5.69 Å². The summed E-state index contributed by atoms with van der Waals surface area (Å²) in [4.78, 5) is 23.1. The number of nitrogens with one attached hydrogen (secondary N) is 1. The predicted octanol–water partition coefficient (Wildman–Crippen LogP) is 2.10. The van der Waals surface area contributed by atoms with E-state index in [1.807, 2.05) is 44.3 Å². The van der Waals surface area contributed by atoms with Gasteiger partial charge < -0.3 is 10.2 Å². The molecule has 0 saturated heterocycles. The van der Waals surface area contributed by atoms with Crippen molar-refractivity contribution in [3.63, 3.8) is 0 Å². The molecule has 1 aromatic carbocycles. The van der Waals surface area contributed by atoms with Crippen molar-refractivity contribution >= 4 is 24.5 Å². The Labute approximate surface area is 114 Å². The summed E-state index contributed by atoms with van der Waals surface area (Å²) < 4.78 is 0. The number of carbonyl (C=O) groups is 2. The minimum absolute atomic E-state index is 0.653. The first-order chi connectivity index (χ1) is 9.22. The first-order valence-corrected chi connectivity index (χ1v) is 6.33. The number of anilines is 1. The molecule has 0 fully saturated rings. The van der Waals surface area contributed by atoms with E-state index in [0.29, 0.717) is 18.5 Å². The maximum Gasteiger partial charge on any atom is 0.207 e. The third kappa shape index (κ3) is 4.58. The monoisotopic (exact) mass is 260 g/mol. The summed E-state index contributed by atoms with van der Waals surface area (Å²) in [5.74, 6) is 0. The van der Waals surface area contributed by atoms with Gasteiger partial charge in [-0.1, -0.05) is 24.3 Å². The zero-order valence-electron chi connectivity index (χ0n) is 11.4. The first-order valence-electron chi connectivity index (χ1n) is 6.33. The highest BCUT2D eigenvalue weighted by Gasteiger charge is 2.06. The highest BCUT2D eigenvalue weighted by molar-refractivity contribution is 5.80. The number of hydrogen-bond acceptors (Lipinski definition) is 3. The highest BCUT2D eigenvalue weighted by atomic mass is 16.1. The van der Waals surface area contributed by atoms with Gasteiger partial charge in [-0.25, -0.2) is 0 Å². The largest absolute Gasteiger partial charge is 0.374 e. The topological polar surface area (TPSA) is 49.4 Å². The molecule has 0 aliphatic rings. The molecule has 102 valence electrons. The number of nitrogens with zero attached hydrogens (tertiary/aromatic N) is 1. The first kappa shape index (κ1) is 15.0. The lowest BCUT2D eigenvalue weighted by Gasteiger charge is -2.22. The zero-order chi connectivity index (χ0) is 14.1. The minimum Gasteiger partial charge on any atom is -0.374 e. The molecule has 4 nitrogen and oxygen atoms in total. The SMILES string of the molecule is C/C=C/c1ccc(C=O)cc1N(C)CCCNC=O. The quantitative estimate of drug-likeness (QED) is 0.575. The summed E-state index contributed by atoms with van der Waals surface area (Å²) in [5.41, 5.74) is 2.77. The minimum atomic E-state index is 0.653. The van der Waals surface area contributed by atoms with E-state index in [0.717, 1.165) is 30.5 Å². The van der Waals surface area contributed by atoms with E-state index in [2.05, 4.69) is 10.2 Å². The number of rotatable bonds is 8. The van der Waals surface area contributed by atoms with Gasteiger partial charge in [0, 0.05) is 31.4 Å². The van der Waals surface area contributed by atoms with Gasteiger partial charge in [0.2, 0.25) is 6.41 Å². The standard InChI is InChI=1S/C15H20N2O2/c1-3-5-14-7-6-13(11-18)10-15(14)17(2)9-4-8-16-12-19/h3,5-7,10-12H,4,8-9H2,1-2H3,(H,16,19)/b5-3+. The van der Waals surface area contributed by atoms with Crippen LogP contribution in [-0.2, 0) is 4.79 Å². The molecular weight excluding hydrogens is 240 g/mol. The van der Waals surface area contributed by atoms with Crippen molar-refractivity contribution in [2.75, 3.05) is 25.0 Å². The van der Waals surface area contributed by atoms with Crippen molar-refractivity contribution < 1.29 is 9.59 Å². The Morgan fingerprint density at radius 3 is 2.74 bits per heavy atom. The molecule has 0 spiro atoms. The van der Waals surface area contributed by atoms with Crippen molar-refractivity contribution in [1.82, 2.24) is 5.32 Å². The van der Waals surface area contributed by atoms with Gasteiger partial charge in [0.15, 0.2) is 0 Å². The van der Waals surface area contributed by atoms with Crippen LogP contribution in [0.15, 0.2) is 24.3 Å². The van der Waals surface area contributed by atoms with E-state index >= 15 is 0 Å². The van der Waals surface area contributed by atoms with Gasteiger partial charge in [0.25, 0.3) is 0 Å². The molecule has 1 aromatic rings. The van der Waals surface area contributed by atoms with Crippen LogP contribution in [0, 0.1) is 0 Å². The molecule has 0 unspecified atom stereocenters. The summed E-state index contributed by atoms with van der Waals surface area (Å²) in [6.45, 7) is 3.43. The smallest absolute Gasteiger partial charge is 0.207 e. The molecule has 0 bridgehead atoms. The lowest BCUT2D eigenvalue weighted by Crippen LogP contribution is -2.23. The van der Waals surface area contributed by atoms with Crippen LogP contribution in [0.3, 0.4) is 0 Å². The molecule has 1 N–H and O–H groups in total. The normalized spacial score (nSPS) is 10.4. The van der Waals surface area contributed by atoms with Gasteiger partial charge >= 0.3 is 0 Å². The predicted molar refractivity (Wildman–Crippen MR) is 78.5 cm³/mol. The van der Waals surface area contributed by atoms with Gasteiger partial charge in [-0.3, -0.25) is 9.59 Å². The Morgan fingerprint density at radius 1 is 1.32 bits per heavy atom. The van der Waals surface area contributed by atoms with E-state index in [-0.39, 0.29) is 0 Å². The number of benzene rings is 1. The number of allylic oxidation sites excluding steroid dienone is 1. The summed E-state index contributed by atoms with van der Waals surface area (Å²) in [7, 11) is 1.98. The molecule has 19 heavy (non-hydrogen) atoms. The summed E-state index contributed by atoms with van der Waals surface area (Å²) in [6, 6.07) is 5.64. The maximum atomic E-state index is 10.9. The molecule has 1 rings (SSSR count). The molecule has 0 saturated carbocycles. The number of hydrogen-bond donors (Lipinski definition) is 1. The summed E-state index contributed by atoms with van der Waals surface area (Å²) in [5, 5.41) is 2.64. The Hall–Kier alpha value is -2.10. The fraction of sp³-hybridized carbons (Fsp3) is 0.333. The van der Waals surface area contributed by atoms with Gasteiger partial charge in [-0.15, -0.1) is 0 Å². The van der Waals surface area contributed by atoms with Gasteiger partial charge in [0.1, 0.15) is 6.29 Å². The Balaban J connectivity index is 2.82. The molecule has 0 aliphatic heterocycles. The van der Waals surface area contributed by atoms with Gasteiger partial charge in [-0.2, -0.15) is 0 Å². The third-order valence-corrected chi connectivity index (χ3v) is 2.85. The third-order valence-electron chi connectivity index (χ3n) is 2.85. The lowest BCUT2D eigenvalue weighted by atomic mass is 10.1. The molecule has 0 heterocycles. The van der Waals surface area contributed by atoms with Crippen molar-refractivity contribution in [2.24, 2.45) is 0 Å². The van der Waals surface area contributed by atoms with Crippen LogP contribution in [0.25, 0.3) is 6.08 Å². The van der Waals surface area contributed by atoms with E-state index in [9.17, 15) is 9.59 Å². The second kappa shape index (κ2) is 8.08. The average Bonchev–Trinajstić information content (AvgIpc) is 2.44. The molecule has 1 amide bonds. The van der Waals surface area contributed by atoms with Crippen molar-refractivity contribution in [3.05, 3.63) is 35.4 Å². The van der Waals surface area contributed by atoms with Gasteiger partial charge in [0.05, 0.1) is 0 Å². The van der Waals surface area contributed by atoms with E-state index in [4.69, 9.17) is 0 Å². The zero-order valence-corrected chi connectivity index (χ0v) is 11.4. The fourth-order valence-corrected chi connectivity index (χ4v) is 1.88. The molecule has 4 heteroatoms. The van der Waals surface area contributed by atoms with Crippen LogP contribution in [0.5, 0.6) is 0 Å². The number of aldehydes is 1. The second-order valence-electron chi connectivity index (χ2n) is 4.28. The highest BCUT2D eigenvalue weighted by Crippen LogP contribution is 2.22. The van der Waals surface area contributed by atoms with Crippen LogP contribution in [0.1, 0.15) is 29.3 Å². The number of carbonyl (C=O) groups excluding carboxylic acids is 2. The van der Waals surface area contributed by atoms with E-state index in [1.165, 1.54) is 0 Å².